The van der Waals surface area contributed by atoms with E-state index < -0.39 is 9.84 Å². The van der Waals surface area contributed by atoms with E-state index in [-0.39, 0.29) is 23.5 Å². The number of nitrogens with one attached hydrogen (secondary N) is 1. The molecule has 0 bridgehead atoms. The Morgan fingerprint density at radius 2 is 1.85 bits per heavy atom. The molecule has 0 aromatic carbocycles. The first-order valence-electron chi connectivity index (χ1n) is 7.67. The van der Waals surface area contributed by atoms with Crippen molar-refractivity contribution in [2.75, 3.05) is 25.1 Å². The summed E-state index contributed by atoms with van der Waals surface area (Å²) in [6.07, 6.45) is 7.38. The molecule has 0 radical (unpaired) electrons. The third-order valence-corrected chi connectivity index (χ3v) is 6.22. The molecule has 0 aromatic heterocycles. The van der Waals surface area contributed by atoms with Gasteiger partial charge in [0.25, 0.3) is 0 Å². The Bertz CT molecular complexity index is 428. The lowest BCUT2D eigenvalue weighted by atomic mass is 10.1. The average molecular weight is 302 g/mol. The number of hydrogen-bond donors (Lipinski definition) is 1. The summed E-state index contributed by atoms with van der Waals surface area (Å²) in [5.41, 5.74) is 0. The van der Waals surface area contributed by atoms with Crippen LogP contribution in [0.1, 0.15) is 44.9 Å². The van der Waals surface area contributed by atoms with Gasteiger partial charge in [-0.25, -0.2) is 8.42 Å². The Labute approximate surface area is 122 Å². The first-order valence-corrected chi connectivity index (χ1v) is 9.49. The first kappa shape index (κ1) is 15.8. The van der Waals surface area contributed by atoms with Gasteiger partial charge in [-0.1, -0.05) is 25.7 Å². The van der Waals surface area contributed by atoms with Gasteiger partial charge in [0.05, 0.1) is 11.5 Å². The van der Waals surface area contributed by atoms with Crippen molar-refractivity contribution in [3.8, 4) is 0 Å². The van der Waals surface area contributed by atoms with Crippen molar-refractivity contribution in [3.05, 3.63) is 0 Å². The number of carbonyl (C=O) groups excluding carboxylic acids is 1. The summed E-state index contributed by atoms with van der Waals surface area (Å²) >= 11 is 0. The van der Waals surface area contributed by atoms with Crippen LogP contribution in [-0.2, 0) is 14.6 Å². The first-order chi connectivity index (χ1) is 9.48. The van der Waals surface area contributed by atoms with Crippen LogP contribution >= 0.6 is 0 Å². The lowest BCUT2D eigenvalue weighted by molar-refractivity contribution is -0.132. The van der Waals surface area contributed by atoms with E-state index in [9.17, 15) is 13.2 Å². The Kier molecular flexibility index (Phi) is 5.43. The van der Waals surface area contributed by atoms with Crippen LogP contribution in [0.5, 0.6) is 0 Å². The van der Waals surface area contributed by atoms with Crippen LogP contribution < -0.4 is 5.32 Å². The minimum absolute atomic E-state index is 0.0755. The van der Waals surface area contributed by atoms with Gasteiger partial charge in [-0.3, -0.25) is 4.79 Å². The summed E-state index contributed by atoms with van der Waals surface area (Å²) in [7, 11) is -1.10. The van der Waals surface area contributed by atoms with Crippen LogP contribution in [0, 0.1) is 0 Å². The molecule has 0 spiro atoms. The highest BCUT2D eigenvalue weighted by Gasteiger charge is 2.28. The van der Waals surface area contributed by atoms with Gasteiger partial charge in [0.2, 0.25) is 5.91 Å². The molecule has 20 heavy (non-hydrogen) atoms. The Morgan fingerprint density at radius 1 is 1.20 bits per heavy atom. The third-order valence-electron chi connectivity index (χ3n) is 4.49. The molecular weight excluding hydrogens is 276 g/mol. The highest BCUT2D eigenvalue weighted by Crippen LogP contribution is 2.21. The second kappa shape index (κ2) is 6.89. The van der Waals surface area contributed by atoms with Crippen molar-refractivity contribution in [2.24, 2.45) is 0 Å². The number of rotatable bonds is 3. The third kappa shape index (κ3) is 4.45. The molecule has 2 rings (SSSR count). The van der Waals surface area contributed by atoms with Crippen molar-refractivity contribution >= 4 is 15.7 Å². The zero-order valence-electron chi connectivity index (χ0n) is 12.3. The molecule has 1 unspecified atom stereocenters. The van der Waals surface area contributed by atoms with Crippen LogP contribution in [0.2, 0.25) is 0 Å². The molecule has 2 aliphatic rings. The summed E-state index contributed by atoms with van der Waals surface area (Å²) in [6, 6.07) is 0.125. The number of hydrogen-bond acceptors (Lipinski definition) is 4. The molecule has 1 aliphatic heterocycles. The van der Waals surface area contributed by atoms with Gasteiger partial charge in [-0.2, -0.15) is 0 Å². The minimum Gasteiger partial charge on any atom is -0.343 e. The zero-order valence-corrected chi connectivity index (χ0v) is 13.1. The van der Waals surface area contributed by atoms with Crippen LogP contribution in [0.3, 0.4) is 0 Å². The largest absolute Gasteiger partial charge is 0.343 e. The average Bonchev–Trinajstić information content (AvgIpc) is 2.65. The maximum atomic E-state index is 12.3. The molecule has 1 saturated carbocycles. The van der Waals surface area contributed by atoms with Gasteiger partial charge in [0, 0.05) is 32.1 Å². The quantitative estimate of drug-likeness (QED) is 0.788. The fourth-order valence-electron chi connectivity index (χ4n) is 3.20. The molecule has 1 amide bonds. The lowest BCUT2D eigenvalue weighted by Crippen LogP contribution is -2.48. The molecule has 1 aliphatic carbocycles. The molecule has 1 N–H and O–H groups in total. The summed E-state index contributed by atoms with van der Waals surface area (Å²) in [4.78, 5) is 14.2. The highest BCUT2D eigenvalue weighted by atomic mass is 32.2. The summed E-state index contributed by atoms with van der Waals surface area (Å²) in [5, 5.41) is 3.15. The van der Waals surface area contributed by atoms with Gasteiger partial charge in [0.15, 0.2) is 9.84 Å². The van der Waals surface area contributed by atoms with Crippen molar-refractivity contribution in [1.82, 2.24) is 10.2 Å². The van der Waals surface area contributed by atoms with Gasteiger partial charge >= 0.3 is 0 Å². The fourth-order valence-corrected chi connectivity index (χ4v) is 4.65. The maximum Gasteiger partial charge on any atom is 0.224 e. The van der Waals surface area contributed by atoms with Crippen molar-refractivity contribution in [3.63, 3.8) is 0 Å². The molecule has 6 heteroatoms. The van der Waals surface area contributed by atoms with Gasteiger partial charge in [0.1, 0.15) is 0 Å². The molecule has 1 saturated heterocycles. The van der Waals surface area contributed by atoms with Crippen LogP contribution in [0.4, 0.5) is 0 Å². The van der Waals surface area contributed by atoms with Gasteiger partial charge in [-0.15, -0.1) is 0 Å². The van der Waals surface area contributed by atoms with E-state index in [1.54, 1.807) is 0 Å². The minimum atomic E-state index is -2.97. The van der Waals surface area contributed by atoms with E-state index >= 15 is 0 Å². The normalized spacial score (nSPS) is 27.8. The molecule has 0 aromatic rings. The maximum absolute atomic E-state index is 12.3. The smallest absolute Gasteiger partial charge is 0.224 e. The van der Waals surface area contributed by atoms with Crippen molar-refractivity contribution in [1.29, 1.82) is 0 Å². The Hall–Kier alpha value is -0.620. The van der Waals surface area contributed by atoms with Crippen LogP contribution in [0.25, 0.3) is 0 Å². The van der Waals surface area contributed by atoms with E-state index in [0.29, 0.717) is 19.0 Å². The highest BCUT2D eigenvalue weighted by molar-refractivity contribution is 7.91. The van der Waals surface area contributed by atoms with E-state index in [0.717, 1.165) is 12.8 Å². The lowest BCUT2D eigenvalue weighted by Gasteiger charge is -2.30. The van der Waals surface area contributed by atoms with E-state index in [1.807, 2.05) is 11.9 Å². The van der Waals surface area contributed by atoms with E-state index in [1.165, 1.54) is 25.7 Å². The standard InChI is InChI=1S/C14H26N2O3S/c1-16(13-6-4-2-3-5-7-13)14(17)10-12-11-20(18,19)9-8-15-12/h12-13,15H,2-11H2,1H3. The fraction of sp³-hybridized carbons (Fsp3) is 0.929. The van der Waals surface area contributed by atoms with Gasteiger partial charge < -0.3 is 10.2 Å². The Morgan fingerprint density at radius 3 is 2.45 bits per heavy atom. The zero-order chi connectivity index (χ0) is 14.6. The predicted molar refractivity (Wildman–Crippen MR) is 79.3 cm³/mol. The molecule has 1 atom stereocenters. The number of carbonyl (C=O) groups is 1. The number of nitrogens with zero attached hydrogens (tertiary/aromatic N) is 1. The molecule has 1 heterocycles. The second-order valence-electron chi connectivity index (χ2n) is 6.12. The van der Waals surface area contributed by atoms with Crippen LogP contribution in [0.15, 0.2) is 0 Å². The van der Waals surface area contributed by atoms with Gasteiger partial charge in [-0.05, 0) is 12.8 Å². The monoisotopic (exact) mass is 302 g/mol. The number of sulfone groups is 1. The molecule has 5 nitrogen and oxygen atoms in total. The van der Waals surface area contributed by atoms with Crippen molar-refractivity contribution < 1.29 is 13.2 Å². The summed E-state index contributed by atoms with van der Waals surface area (Å²) in [5.74, 6) is 0.361. The topological polar surface area (TPSA) is 66.5 Å². The predicted octanol–water partition coefficient (Wildman–Crippen LogP) is 0.944. The molecular formula is C14H26N2O3S. The molecule has 116 valence electrons. The van der Waals surface area contributed by atoms with Crippen LogP contribution in [-0.4, -0.2) is 56.4 Å². The van der Waals surface area contributed by atoms with E-state index in [2.05, 4.69) is 5.32 Å². The summed E-state index contributed by atoms with van der Waals surface area (Å²) < 4.78 is 23.2. The second-order valence-corrected chi connectivity index (χ2v) is 8.35. The number of amides is 1. The molecule has 2 fully saturated rings. The summed E-state index contributed by atoms with van der Waals surface area (Å²) in [6.45, 7) is 0.466. The van der Waals surface area contributed by atoms with E-state index in [4.69, 9.17) is 0 Å². The Balaban J connectivity index is 1.87. The van der Waals surface area contributed by atoms with Crippen molar-refractivity contribution in [2.45, 2.75) is 57.0 Å². The SMILES string of the molecule is CN(C(=O)CC1CS(=O)(=O)CCN1)C1CCCCCC1.